The van der Waals surface area contributed by atoms with Crippen LogP contribution in [0.5, 0.6) is 0 Å². The van der Waals surface area contributed by atoms with E-state index < -0.39 is 10.7 Å². The number of benzene rings is 1. The highest BCUT2D eigenvalue weighted by atomic mass is 32.1. The van der Waals surface area contributed by atoms with Gasteiger partial charge in [0.25, 0.3) is 5.69 Å². The van der Waals surface area contributed by atoms with Gasteiger partial charge < -0.3 is 5.32 Å². The number of nitrogens with one attached hydrogen (secondary N) is 1. The second-order valence-electron chi connectivity index (χ2n) is 4.81. The Kier molecular flexibility index (Phi) is 3.40. The van der Waals surface area contributed by atoms with Crippen molar-refractivity contribution in [3.8, 4) is 0 Å². The third kappa shape index (κ3) is 2.38. The van der Waals surface area contributed by atoms with Crippen LogP contribution in [0, 0.1) is 15.9 Å². The smallest absolute Gasteiger partial charge is 0.271 e. The van der Waals surface area contributed by atoms with Crippen molar-refractivity contribution in [3.05, 3.63) is 56.0 Å². The molecule has 1 atom stereocenters. The van der Waals surface area contributed by atoms with Crippen LogP contribution in [0.4, 0.5) is 15.8 Å². The number of halogens is 1. The lowest BCUT2D eigenvalue weighted by Gasteiger charge is -2.24. The van der Waals surface area contributed by atoms with E-state index in [4.69, 9.17) is 0 Å². The first-order valence-electron chi connectivity index (χ1n) is 6.42. The quantitative estimate of drug-likeness (QED) is 0.678. The largest absolute Gasteiger partial charge is 0.376 e. The van der Waals surface area contributed by atoms with E-state index in [2.05, 4.69) is 5.32 Å². The first-order chi connectivity index (χ1) is 9.65. The predicted molar refractivity (Wildman–Crippen MR) is 76.7 cm³/mol. The highest BCUT2D eigenvalue weighted by Gasteiger charge is 2.22. The molecule has 1 aliphatic carbocycles. The highest BCUT2D eigenvalue weighted by Crippen LogP contribution is 2.36. The fourth-order valence-electron chi connectivity index (χ4n) is 2.56. The number of thiophene rings is 1. The van der Waals surface area contributed by atoms with E-state index in [0.29, 0.717) is 0 Å². The van der Waals surface area contributed by atoms with Gasteiger partial charge in [0.2, 0.25) is 0 Å². The van der Waals surface area contributed by atoms with Crippen molar-refractivity contribution in [1.29, 1.82) is 0 Å². The minimum Gasteiger partial charge on any atom is -0.376 e. The molecule has 104 valence electrons. The number of fused-ring (bicyclic) bond motifs is 1. The molecular formula is C14H13FN2O2S. The minimum absolute atomic E-state index is 0.0292. The Labute approximate surface area is 119 Å². The summed E-state index contributed by atoms with van der Waals surface area (Å²) >= 11 is 1.71. The van der Waals surface area contributed by atoms with Gasteiger partial charge in [-0.05, 0) is 42.3 Å². The average Bonchev–Trinajstić information content (AvgIpc) is 2.90. The van der Waals surface area contributed by atoms with E-state index in [1.165, 1.54) is 22.6 Å². The topological polar surface area (TPSA) is 55.2 Å². The lowest BCUT2D eigenvalue weighted by atomic mass is 9.94. The summed E-state index contributed by atoms with van der Waals surface area (Å²) in [6.07, 6.45) is 3.01. The Hall–Kier alpha value is -1.95. The van der Waals surface area contributed by atoms with Crippen molar-refractivity contribution < 1.29 is 9.31 Å². The van der Waals surface area contributed by atoms with Crippen molar-refractivity contribution in [2.45, 2.75) is 25.3 Å². The molecule has 0 bridgehead atoms. The monoisotopic (exact) mass is 292 g/mol. The molecule has 1 aliphatic rings. The molecule has 4 nitrogen and oxygen atoms in total. The zero-order valence-corrected chi connectivity index (χ0v) is 11.5. The normalized spacial score (nSPS) is 17.6. The zero-order chi connectivity index (χ0) is 14.1. The number of hydrogen-bond donors (Lipinski definition) is 1. The SMILES string of the molecule is O=[N+]([O-])c1ccc(F)c(NC2CCCc3sccc32)c1. The van der Waals surface area contributed by atoms with E-state index in [1.807, 2.05) is 11.4 Å². The molecule has 0 fully saturated rings. The summed E-state index contributed by atoms with van der Waals surface area (Å²) in [7, 11) is 0. The number of nitro benzene ring substituents is 1. The molecule has 1 aromatic carbocycles. The van der Waals surface area contributed by atoms with Crippen LogP contribution in [0.1, 0.15) is 29.3 Å². The highest BCUT2D eigenvalue weighted by molar-refractivity contribution is 7.10. The lowest BCUT2D eigenvalue weighted by molar-refractivity contribution is -0.384. The van der Waals surface area contributed by atoms with Gasteiger partial charge in [-0.1, -0.05) is 0 Å². The molecule has 6 heteroatoms. The zero-order valence-electron chi connectivity index (χ0n) is 10.6. The molecule has 1 heterocycles. The van der Waals surface area contributed by atoms with Crippen LogP contribution in [0.25, 0.3) is 0 Å². The third-order valence-corrected chi connectivity index (χ3v) is 4.54. The van der Waals surface area contributed by atoms with Crippen LogP contribution in [-0.4, -0.2) is 4.92 Å². The molecule has 1 N–H and O–H groups in total. The first kappa shape index (κ1) is 13.1. The second kappa shape index (κ2) is 5.20. The minimum atomic E-state index is -0.512. The van der Waals surface area contributed by atoms with Gasteiger partial charge in [-0.25, -0.2) is 4.39 Å². The first-order valence-corrected chi connectivity index (χ1v) is 7.30. The summed E-state index contributed by atoms with van der Waals surface area (Å²) in [5, 5.41) is 15.9. The van der Waals surface area contributed by atoms with Crippen LogP contribution in [0.15, 0.2) is 29.6 Å². The molecule has 20 heavy (non-hydrogen) atoms. The van der Waals surface area contributed by atoms with Crippen LogP contribution in [-0.2, 0) is 6.42 Å². The molecule has 0 spiro atoms. The van der Waals surface area contributed by atoms with Crippen LogP contribution in [0.2, 0.25) is 0 Å². The van der Waals surface area contributed by atoms with Crippen LogP contribution in [0.3, 0.4) is 0 Å². The lowest BCUT2D eigenvalue weighted by Crippen LogP contribution is -2.16. The van der Waals surface area contributed by atoms with Gasteiger partial charge in [0, 0.05) is 17.0 Å². The standard InChI is InChI=1S/C14H13FN2O2S/c15-11-5-4-9(17(18)19)8-13(11)16-12-2-1-3-14-10(12)6-7-20-14/h4-8,12,16H,1-3H2. The number of non-ortho nitro benzene ring substituents is 1. The fourth-order valence-corrected chi connectivity index (χ4v) is 3.55. The summed E-state index contributed by atoms with van der Waals surface area (Å²) in [5.41, 5.74) is 1.28. The van der Waals surface area contributed by atoms with Gasteiger partial charge in [0.15, 0.2) is 0 Å². The Bertz CT molecular complexity index is 656. The average molecular weight is 292 g/mol. The summed E-state index contributed by atoms with van der Waals surface area (Å²) in [5.74, 6) is -0.460. The van der Waals surface area contributed by atoms with Crippen LogP contribution >= 0.6 is 11.3 Å². The maximum absolute atomic E-state index is 13.8. The number of nitrogens with zero attached hydrogens (tertiary/aromatic N) is 1. The van der Waals surface area contributed by atoms with Crippen molar-refractivity contribution >= 4 is 22.7 Å². The molecule has 1 unspecified atom stereocenters. The molecule has 3 rings (SSSR count). The van der Waals surface area contributed by atoms with Crippen molar-refractivity contribution in [2.24, 2.45) is 0 Å². The maximum atomic E-state index is 13.8. The van der Waals surface area contributed by atoms with Crippen molar-refractivity contribution in [1.82, 2.24) is 0 Å². The second-order valence-corrected chi connectivity index (χ2v) is 5.81. The summed E-state index contributed by atoms with van der Waals surface area (Å²) in [4.78, 5) is 11.6. The summed E-state index contributed by atoms with van der Waals surface area (Å²) in [6, 6.07) is 5.65. The maximum Gasteiger partial charge on any atom is 0.271 e. The Morgan fingerprint density at radius 1 is 1.40 bits per heavy atom. The molecule has 0 aliphatic heterocycles. The van der Waals surface area contributed by atoms with Crippen LogP contribution < -0.4 is 5.32 Å². The summed E-state index contributed by atoms with van der Waals surface area (Å²) in [6.45, 7) is 0. The number of hydrogen-bond acceptors (Lipinski definition) is 4. The number of aryl methyl sites for hydroxylation is 1. The third-order valence-electron chi connectivity index (χ3n) is 3.54. The van der Waals surface area contributed by atoms with Crippen molar-refractivity contribution in [3.63, 3.8) is 0 Å². The van der Waals surface area contributed by atoms with Gasteiger partial charge in [-0.3, -0.25) is 10.1 Å². The van der Waals surface area contributed by atoms with E-state index in [9.17, 15) is 14.5 Å². The Morgan fingerprint density at radius 2 is 2.25 bits per heavy atom. The van der Waals surface area contributed by atoms with E-state index >= 15 is 0 Å². The van der Waals surface area contributed by atoms with Gasteiger partial charge in [0.05, 0.1) is 16.7 Å². The summed E-state index contributed by atoms with van der Waals surface area (Å²) < 4.78 is 13.8. The Morgan fingerprint density at radius 3 is 3.05 bits per heavy atom. The predicted octanol–water partition coefficient (Wildman–Crippen LogP) is 4.28. The molecule has 0 radical (unpaired) electrons. The molecule has 2 aromatic rings. The molecule has 0 amide bonds. The van der Waals surface area contributed by atoms with Gasteiger partial charge in [-0.15, -0.1) is 11.3 Å². The Balaban J connectivity index is 1.89. The number of rotatable bonds is 3. The molecular weight excluding hydrogens is 279 g/mol. The fraction of sp³-hybridized carbons (Fsp3) is 0.286. The molecule has 1 aromatic heterocycles. The molecule has 0 saturated carbocycles. The van der Waals surface area contributed by atoms with Gasteiger partial charge in [-0.2, -0.15) is 0 Å². The number of nitro groups is 1. The van der Waals surface area contributed by atoms with E-state index in [0.717, 1.165) is 25.3 Å². The van der Waals surface area contributed by atoms with E-state index in [1.54, 1.807) is 11.3 Å². The number of anilines is 1. The van der Waals surface area contributed by atoms with Crippen molar-refractivity contribution in [2.75, 3.05) is 5.32 Å². The van der Waals surface area contributed by atoms with E-state index in [-0.39, 0.29) is 17.4 Å². The van der Waals surface area contributed by atoms with Gasteiger partial charge in [0.1, 0.15) is 5.82 Å². The van der Waals surface area contributed by atoms with Gasteiger partial charge >= 0.3 is 0 Å². The molecule has 0 saturated heterocycles.